The normalized spacial score (nSPS) is 12.0. The number of carboxylic acids is 1. The number of halogens is 1. The molecule has 0 saturated heterocycles. The molecule has 22 heavy (non-hydrogen) atoms. The molecule has 0 saturated carbocycles. The topological polar surface area (TPSA) is 72.8 Å². The Hall–Kier alpha value is -1.27. The molecule has 2 aromatic rings. The fourth-order valence-electron chi connectivity index (χ4n) is 2.08. The number of benzene rings is 1. The lowest BCUT2D eigenvalue weighted by Crippen LogP contribution is -2.00. The Bertz CT molecular complexity index is 732. The number of hydrogen-bond acceptors (Lipinski definition) is 5. The SMILES string of the molecule is CCOP(=O)(Cc1ccc2sc(C(=O)O)cc2c1F)OCC. The van der Waals surface area contributed by atoms with Crippen LogP contribution in [0.5, 0.6) is 0 Å². The van der Waals surface area contributed by atoms with E-state index in [9.17, 15) is 13.8 Å². The van der Waals surface area contributed by atoms with Crippen LogP contribution in [0.25, 0.3) is 10.1 Å². The predicted octanol–water partition coefficient (Wildman–Crippen LogP) is 4.50. The van der Waals surface area contributed by atoms with Gasteiger partial charge in [-0.1, -0.05) is 6.07 Å². The third-order valence-corrected chi connectivity index (χ3v) is 6.06. The Morgan fingerprint density at radius 1 is 1.32 bits per heavy atom. The third kappa shape index (κ3) is 3.55. The van der Waals surface area contributed by atoms with Gasteiger partial charge >= 0.3 is 13.6 Å². The van der Waals surface area contributed by atoms with E-state index in [2.05, 4.69) is 0 Å². The van der Waals surface area contributed by atoms with E-state index in [-0.39, 0.29) is 35.2 Å². The first kappa shape index (κ1) is 17.1. The van der Waals surface area contributed by atoms with Crippen LogP contribution in [0.1, 0.15) is 29.1 Å². The molecule has 0 spiro atoms. The summed E-state index contributed by atoms with van der Waals surface area (Å²) in [5, 5.41) is 9.18. The van der Waals surface area contributed by atoms with Gasteiger partial charge in [-0.2, -0.15) is 0 Å². The first-order valence-corrected chi connectivity index (χ1v) is 9.27. The van der Waals surface area contributed by atoms with E-state index in [1.54, 1.807) is 19.9 Å². The fourth-order valence-corrected chi connectivity index (χ4v) is 4.68. The Labute approximate surface area is 131 Å². The number of thiophene rings is 1. The molecule has 0 radical (unpaired) electrons. The monoisotopic (exact) mass is 346 g/mol. The van der Waals surface area contributed by atoms with Crippen molar-refractivity contribution in [2.45, 2.75) is 20.0 Å². The molecule has 0 unspecified atom stereocenters. The molecular weight excluding hydrogens is 330 g/mol. The molecule has 0 aliphatic heterocycles. The highest BCUT2D eigenvalue weighted by molar-refractivity contribution is 7.53. The average Bonchev–Trinajstić information content (AvgIpc) is 2.88. The quantitative estimate of drug-likeness (QED) is 0.747. The van der Waals surface area contributed by atoms with Crippen LogP contribution < -0.4 is 0 Å². The lowest BCUT2D eigenvalue weighted by Gasteiger charge is -2.17. The van der Waals surface area contributed by atoms with Gasteiger partial charge in [0.05, 0.1) is 19.4 Å². The van der Waals surface area contributed by atoms with Gasteiger partial charge in [-0.15, -0.1) is 11.3 Å². The minimum absolute atomic E-state index is 0.0591. The smallest absolute Gasteiger partial charge is 0.345 e. The van der Waals surface area contributed by atoms with Gasteiger partial charge in [-0.3, -0.25) is 4.57 Å². The van der Waals surface area contributed by atoms with Crippen molar-refractivity contribution in [2.24, 2.45) is 0 Å². The molecule has 0 fully saturated rings. The number of carboxylic acid groups (broad SMARTS) is 1. The van der Waals surface area contributed by atoms with Crippen LogP contribution in [0.4, 0.5) is 4.39 Å². The summed E-state index contributed by atoms with van der Waals surface area (Å²) in [6.45, 7) is 3.76. The highest BCUT2D eigenvalue weighted by Crippen LogP contribution is 2.52. The summed E-state index contributed by atoms with van der Waals surface area (Å²) in [7, 11) is -3.41. The van der Waals surface area contributed by atoms with Crippen molar-refractivity contribution in [1.82, 2.24) is 0 Å². The Morgan fingerprint density at radius 3 is 2.50 bits per heavy atom. The van der Waals surface area contributed by atoms with Crippen molar-refractivity contribution in [1.29, 1.82) is 0 Å². The second-order valence-corrected chi connectivity index (χ2v) is 7.61. The zero-order valence-electron chi connectivity index (χ0n) is 12.2. The van der Waals surface area contributed by atoms with E-state index >= 15 is 0 Å². The van der Waals surface area contributed by atoms with Crippen molar-refractivity contribution in [3.63, 3.8) is 0 Å². The van der Waals surface area contributed by atoms with Crippen molar-refractivity contribution in [2.75, 3.05) is 13.2 Å². The van der Waals surface area contributed by atoms with Crippen molar-refractivity contribution < 1.29 is 27.9 Å². The van der Waals surface area contributed by atoms with E-state index in [1.165, 1.54) is 12.1 Å². The lowest BCUT2D eigenvalue weighted by atomic mass is 10.1. The van der Waals surface area contributed by atoms with Gasteiger partial charge < -0.3 is 14.2 Å². The lowest BCUT2D eigenvalue weighted by molar-refractivity contribution is 0.0702. The Morgan fingerprint density at radius 2 is 1.95 bits per heavy atom. The van der Waals surface area contributed by atoms with E-state index in [0.717, 1.165) is 11.3 Å². The van der Waals surface area contributed by atoms with Crippen molar-refractivity contribution >= 4 is 35.0 Å². The number of rotatable bonds is 7. The average molecular weight is 346 g/mol. The van der Waals surface area contributed by atoms with Gasteiger partial charge in [-0.05, 0) is 26.0 Å². The van der Waals surface area contributed by atoms with Crippen LogP contribution in [-0.2, 0) is 19.8 Å². The summed E-state index contributed by atoms with van der Waals surface area (Å²) < 4.78 is 37.9. The van der Waals surface area contributed by atoms with E-state index in [1.807, 2.05) is 0 Å². The summed E-state index contributed by atoms with van der Waals surface area (Å²) in [6.07, 6.45) is -0.186. The van der Waals surface area contributed by atoms with Gasteiger partial charge in [0, 0.05) is 15.6 Å². The molecule has 0 bridgehead atoms. The largest absolute Gasteiger partial charge is 0.477 e. The maximum Gasteiger partial charge on any atom is 0.345 e. The second kappa shape index (κ2) is 6.87. The van der Waals surface area contributed by atoms with E-state index in [4.69, 9.17) is 14.2 Å². The molecule has 0 aliphatic carbocycles. The summed E-state index contributed by atoms with van der Waals surface area (Å²) in [5.41, 5.74) is 0.187. The van der Waals surface area contributed by atoms with Crippen LogP contribution in [0, 0.1) is 5.82 Å². The fraction of sp³-hybridized carbons (Fsp3) is 0.357. The van der Waals surface area contributed by atoms with Gasteiger partial charge in [0.15, 0.2) is 0 Å². The van der Waals surface area contributed by atoms with Gasteiger partial charge in [0.2, 0.25) is 0 Å². The van der Waals surface area contributed by atoms with Crippen LogP contribution in [0.3, 0.4) is 0 Å². The number of fused-ring (bicyclic) bond motifs is 1. The first-order valence-electron chi connectivity index (χ1n) is 6.72. The maximum atomic E-state index is 14.5. The molecular formula is C14H16FO5PS. The molecule has 1 aromatic carbocycles. The Balaban J connectivity index is 2.41. The van der Waals surface area contributed by atoms with Gasteiger partial charge in [-0.25, -0.2) is 9.18 Å². The highest BCUT2D eigenvalue weighted by Gasteiger charge is 2.26. The van der Waals surface area contributed by atoms with E-state index in [0.29, 0.717) is 4.70 Å². The van der Waals surface area contributed by atoms with Crippen molar-refractivity contribution in [3.8, 4) is 0 Å². The summed E-state index contributed by atoms with van der Waals surface area (Å²) in [5.74, 6) is -1.68. The van der Waals surface area contributed by atoms with Gasteiger partial charge in [0.1, 0.15) is 10.7 Å². The van der Waals surface area contributed by atoms with Crippen LogP contribution >= 0.6 is 18.9 Å². The second-order valence-electron chi connectivity index (χ2n) is 4.47. The number of aromatic carboxylic acids is 1. The Kier molecular flexibility index (Phi) is 5.34. The molecule has 5 nitrogen and oxygen atoms in total. The molecule has 1 aromatic heterocycles. The number of carbonyl (C=O) groups is 1. The molecule has 0 atom stereocenters. The van der Waals surface area contributed by atoms with E-state index < -0.39 is 19.4 Å². The zero-order valence-corrected chi connectivity index (χ0v) is 13.9. The standard InChI is InChI=1S/C14H16FO5PS/c1-3-19-21(18,20-4-2)8-9-5-6-11-10(13(9)15)7-12(22-11)14(16)17/h5-7H,3-4,8H2,1-2H3,(H,16,17). The van der Waals surface area contributed by atoms with Crippen LogP contribution in [-0.4, -0.2) is 24.3 Å². The summed E-state index contributed by atoms with van der Waals surface area (Å²) in [4.78, 5) is 11.0. The molecule has 8 heteroatoms. The maximum absolute atomic E-state index is 14.5. The summed E-state index contributed by atoms with van der Waals surface area (Å²) in [6, 6.07) is 4.39. The van der Waals surface area contributed by atoms with Gasteiger partial charge in [0.25, 0.3) is 0 Å². The third-order valence-electron chi connectivity index (χ3n) is 2.94. The van der Waals surface area contributed by atoms with Crippen LogP contribution in [0.15, 0.2) is 18.2 Å². The molecule has 2 rings (SSSR count). The first-order chi connectivity index (χ1) is 10.4. The van der Waals surface area contributed by atoms with Crippen LogP contribution in [0.2, 0.25) is 0 Å². The molecule has 1 N–H and O–H groups in total. The molecule has 0 aliphatic rings. The predicted molar refractivity (Wildman–Crippen MR) is 83.3 cm³/mol. The number of hydrogen-bond donors (Lipinski definition) is 1. The summed E-state index contributed by atoms with van der Waals surface area (Å²) >= 11 is 0.996. The molecule has 120 valence electrons. The zero-order chi connectivity index (χ0) is 16.3. The molecule has 1 heterocycles. The van der Waals surface area contributed by atoms with Crippen molar-refractivity contribution in [3.05, 3.63) is 34.5 Å². The molecule has 0 amide bonds. The minimum Gasteiger partial charge on any atom is -0.477 e. The minimum atomic E-state index is -3.41. The highest BCUT2D eigenvalue weighted by atomic mass is 32.1.